The summed E-state index contributed by atoms with van der Waals surface area (Å²) in [5.41, 5.74) is 2.19. The number of carbonyl (C=O) groups excluding carboxylic acids is 1. The summed E-state index contributed by atoms with van der Waals surface area (Å²) in [5.74, 6) is 0. The van der Waals surface area contributed by atoms with Gasteiger partial charge < -0.3 is 0 Å². The molecule has 0 aliphatic heterocycles. The minimum atomic E-state index is 0.729. The highest BCUT2D eigenvalue weighted by Crippen LogP contribution is 2.03. The Morgan fingerprint density at radius 3 is 1.89 bits per heavy atom. The Morgan fingerprint density at radius 2 is 1.44 bits per heavy atom. The molecule has 18 heavy (non-hydrogen) atoms. The second kappa shape index (κ2) is 9.17. The molecule has 0 N–H and O–H groups in total. The van der Waals surface area contributed by atoms with Crippen molar-refractivity contribution in [2.45, 2.75) is 26.2 Å². The molecule has 0 atom stereocenters. The number of hydrogen-bond acceptors (Lipinski definition) is 1. The SMILES string of the molecule is CCCCc1ccccc1.O=Cc1ccccc1. The highest BCUT2D eigenvalue weighted by molar-refractivity contribution is 5.74. The lowest BCUT2D eigenvalue weighted by Gasteiger charge is -1.96. The largest absolute Gasteiger partial charge is 0.298 e. The second-order valence-electron chi connectivity index (χ2n) is 4.12. The Labute approximate surface area is 109 Å². The third-order valence-electron chi connectivity index (χ3n) is 2.60. The molecule has 0 bridgehead atoms. The molecule has 0 aromatic heterocycles. The lowest BCUT2D eigenvalue weighted by Crippen LogP contribution is -1.81. The van der Waals surface area contributed by atoms with Crippen LogP contribution in [-0.2, 0) is 6.42 Å². The molecule has 0 fully saturated rings. The zero-order chi connectivity index (χ0) is 13.1. The first-order valence-electron chi connectivity index (χ1n) is 6.41. The fourth-order valence-electron chi connectivity index (χ4n) is 1.56. The molecule has 0 saturated heterocycles. The standard InChI is InChI=1S/C10H14.C7H6O/c1-2-3-7-10-8-5-4-6-9-10;8-6-7-4-2-1-3-5-7/h4-6,8-9H,2-3,7H2,1H3;1-6H. The van der Waals surface area contributed by atoms with Gasteiger partial charge in [-0.15, -0.1) is 0 Å². The minimum absolute atomic E-state index is 0.729. The maximum atomic E-state index is 10.0. The van der Waals surface area contributed by atoms with E-state index in [2.05, 4.69) is 37.3 Å². The monoisotopic (exact) mass is 240 g/mol. The normalized spacial score (nSPS) is 9.17. The van der Waals surface area contributed by atoms with Gasteiger partial charge in [0.15, 0.2) is 0 Å². The molecule has 0 aliphatic carbocycles. The molecule has 0 amide bonds. The van der Waals surface area contributed by atoms with Crippen LogP contribution in [0.25, 0.3) is 0 Å². The molecule has 2 aromatic carbocycles. The van der Waals surface area contributed by atoms with Crippen LogP contribution in [0.2, 0.25) is 0 Å². The van der Waals surface area contributed by atoms with Gasteiger partial charge in [-0.3, -0.25) is 4.79 Å². The number of aldehydes is 1. The number of benzene rings is 2. The zero-order valence-corrected chi connectivity index (χ0v) is 10.9. The average molecular weight is 240 g/mol. The van der Waals surface area contributed by atoms with E-state index < -0.39 is 0 Å². The first-order chi connectivity index (χ1) is 8.86. The van der Waals surface area contributed by atoms with E-state index in [4.69, 9.17) is 0 Å². The molecule has 0 radical (unpaired) electrons. The molecular weight excluding hydrogens is 220 g/mol. The Kier molecular flexibility index (Phi) is 7.22. The number of rotatable bonds is 4. The van der Waals surface area contributed by atoms with Crippen molar-refractivity contribution in [3.63, 3.8) is 0 Å². The highest BCUT2D eigenvalue weighted by atomic mass is 16.1. The van der Waals surface area contributed by atoms with Crippen LogP contribution in [-0.4, -0.2) is 6.29 Å². The molecule has 1 heteroatoms. The summed E-state index contributed by atoms with van der Waals surface area (Å²) in [4.78, 5) is 10.0. The molecule has 2 aromatic rings. The molecule has 0 spiro atoms. The van der Waals surface area contributed by atoms with Crippen LogP contribution < -0.4 is 0 Å². The second-order valence-corrected chi connectivity index (χ2v) is 4.12. The van der Waals surface area contributed by atoms with Gasteiger partial charge in [-0.25, -0.2) is 0 Å². The van der Waals surface area contributed by atoms with E-state index in [0.29, 0.717) is 0 Å². The quantitative estimate of drug-likeness (QED) is 0.718. The predicted octanol–water partition coefficient (Wildman–Crippen LogP) is 4.53. The Bertz CT molecular complexity index is 420. The average Bonchev–Trinajstić information content (AvgIpc) is 2.48. The smallest absolute Gasteiger partial charge is 0.150 e. The van der Waals surface area contributed by atoms with Gasteiger partial charge in [0.2, 0.25) is 0 Å². The summed E-state index contributed by atoms with van der Waals surface area (Å²) in [7, 11) is 0. The van der Waals surface area contributed by atoms with E-state index in [9.17, 15) is 4.79 Å². The lowest BCUT2D eigenvalue weighted by molar-refractivity contribution is 0.112. The number of unbranched alkanes of at least 4 members (excludes halogenated alkanes) is 1. The maximum Gasteiger partial charge on any atom is 0.150 e. The maximum absolute atomic E-state index is 10.0. The first-order valence-corrected chi connectivity index (χ1v) is 6.41. The van der Waals surface area contributed by atoms with Gasteiger partial charge >= 0.3 is 0 Å². The van der Waals surface area contributed by atoms with Gasteiger partial charge in [0.05, 0.1) is 0 Å². The fraction of sp³-hybridized carbons (Fsp3) is 0.235. The van der Waals surface area contributed by atoms with Crippen LogP contribution >= 0.6 is 0 Å². The highest BCUT2D eigenvalue weighted by Gasteiger charge is 1.87. The Hall–Kier alpha value is -1.89. The van der Waals surface area contributed by atoms with E-state index in [1.165, 1.54) is 24.8 Å². The molecule has 0 unspecified atom stereocenters. The van der Waals surface area contributed by atoms with Gasteiger partial charge in [-0.05, 0) is 18.4 Å². The van der Waals surface area contributed by atoms with Crippen LogP contribution in [0.3, 0.4) is 0 Å². The summed E-state index contributed by atoms with van der Waals surface area (Å²) in [6, 6.07) is 19.7. The van der Waals surface area contributed by atoms with Crippen molar-refractivity contribution in [1.82, 2.24) is 0 Å². The van der Waals surface area contributed by atoms with Crippen LogP contribution in [0.15, 0.2) is 60.7 Å². The van der Waals surface area contributed by atoms with Gasteiger partial charge in [0, 0.05) is 5.56 Å². The van der Waals surface area contributed by atoms with Crippen LogP contribution in [0.4, 0.5) is 0 Å². The molecule has 0 aliphatic rings. The zero-order valence-electron chi connectivity index (χ0n) is 10.9. The summed E-state index contributed by atoms with van der Waals surface area (Å²) >= 11 is 0. The van der Waals surface area contributed by atoms with Crippen molar-refractivity contribution in [3.05, 3.63) is 71.8 Å². The van der Waals surface area contributed by atoms with Crippen molar-refractivity contribution >= 4 is 6.29 Å². The Balaban J connectivity index is 0.000000184. The summed E-state index contributed by atoms with van der Waals surface area (Å²) in [5, 5.41) is 0. The van der Waals surface area contributed by atoms with Gasteiger partial charge in [0.25, 0.3) is 0 Å². The molecular formula is C17H20O. The first kappa shape index (κ1) is 14.2. The van der Waals surface area contributed by atoms with Crippen molar-refractivity contribution in [3.8, 4) is 0 Å². The summed E-state index contributed by atoms with van der Waals surface area (Å²) < 4.78 is 0. The third-order valence-corrected chi connectivity index (χ3v) is 2.60. The van der Waals surface area contributed by atoms with Crippen LogP contribution in [0, 0.1) is 0 Å². The van der Waals surface area contributed by atoms with Crippen molar-refractivity contribution in [2.75, 3.05) is 0 Å². The lowest BCUT2D eigenvalue weighted by atomic mass is 10.1. The van der Waals surface area contributed by atoms with E-state index in [1.54, 1.807) is 12.1 Å². The summed E-state index contributed by atoms with van der Waals surface area (Å²) in [6.07, 6.45) is 4.66. The van der Waals surface area contributed by atoms with E-state index in [1.807, 2.05) is 18.2 Å². The van der Waals surface area contributed by atoms with Gasteiger partial charge in [0.1, 0.15) is 6.29 Å². The molecule has 1 nitrogen and oxygen atoms in total. The van der Waals surface area contributed by atoms with E-state index in [-0.39, 0.29) is 0 Å². The minimum Gasteiger partial charge on any atom is -0.298 e. The molecule has 0 heterocycles. The number of aryl methyl sites for hydroxylation is 1. The van der Waals surface area contributed by atoms with Gasteiger partial charge in [-0.1, -0.05) is 74.0 Å². The van der Waals surface area contributed by atoms with E-state index in [0.717, 1.165) is 11.8 Å². The topological polar surface area (TPSA) is 17.1 Å². The van der Waals surface area contributed by atoms with E-state index >= 15 is 0 Å². The number of hydrogen-bond donors (Lipinski definition) is 0. The van der Waals surface area contributed by atoms with Crippen LogP contribution in [0.5, 0.6) is 0 Å². The Morgan fingerprint density at radius 1 is 0.889 bits per heavy atom. The van der Waals surface area contributed by atoms with Gasteiger partial charge in [-0.2, -0.15) is 0 Å². The third kappa shape index (κ3) is 6.00. The number of carbonyl (C=O) groups is 1. The summed E-state index contributed by atoms with van der Waals surface area (Å²) in [6.45, 7) is 2.23. The van der Waals surface area contributed by atoms with Crippen LogP contribution in [0.1, 0.15) is 35.7 Å². The molecule has 94 valence electrons. The molecule has 0 saturated carbocycles. The van der Waals surface area contributed by atoms with Crippen molar-refractivity contribution in [2.24, 2.45) is 0 Å². The predicted molar refractivity (Wildman–Crippen MR) is 76.9 cm³/mol. The van der Waals surface area contributed by atoms with Crippen molar-refractivity contribution in [1.29, 1.82) is 0 Å². The fourth-order valence-corrected chi connectivity index (χ4v) is 1.56. The van der Waals surface area contributed by atoms with Crippen molar-refractivity contribution < 1.29 is 4.79 Å². The molecule has 2 rings (SSSR count).